The van der Waals surface area contributed by atoms with E-state index in [1.165, 1.54) is 0 Å². The molecule has 0 saturated carbocycles. The average Bonchev–Trinajstić information content (AvgIpc) is 2.69. The monoisotopic (exact) mass is 252 g/mol. The Hall–Kier alpha value is -2.64. The van der Waals surface area contributed by atoms with Gasteiger partial charge in [-0.05, 0) is 6.07 Å². The third kappa shape index (κ3) is 4.47. The lowest BCUT2D eigenvalue weighted by Gasteiger charge is -2.05. The van der Waals surface area contributed by atoms with E-state index in [1.54, 1.807) is 24.0 Å². The second kappa shape index (κ2) is 6.18. The molecule has 0 fully saturated rings. The number of carboxylic acids is 1. The van der Waals surface area contributed by atoms with Crippen molar-refractivity contribution in [3.05, 3.63) is 30.1 Å². The second-order valence-corrected chi connectivity index (χ2v) is 3.29. The highest BCUT2D eigenvalue weighted by Crippen LogP contribution is 1.94. The number of hydrogen-bond acceptors (Lipinski definition) is 4. The van der Waals surface area contributed by atoms with Gasteiger partial charge in [-0.1, -0.05) is 0 Å². The summed E-state index contributed by atoms with van der Waals surface area (Å²) in [4.78, 5) is 32.4. The lowest BCUT2D eigenvalue weighted by Crippen LogP contribution is -2.38. The van der Waals surface area contributed by atoms with Gasteiger partial charge in [0.1, 0.15) is 0 Å². The van der Waals surface area contributed by atoms with Crippen molar-refractivity contribution in [1.29, 1.82) is 0 Å². The van der Waals surface area contributed by atoms with Gasteiger partial charge in [-0.15, -0.1) is 0 Å². The maximum Gasteiger partial charge on any atom is 0.328 e. The molecule has 0 aliphatic carbocycles. The van der Waals surface area contributed by atoms with Crippen LogP contribution in [0.15, 0.2) is 24.4 Å². The Morgan fingerprint density at radius 2 is 2.17 bits per heavy atom. The number of hydrogen-bond donors (Lipinski definition) is 3. The Balaban J connectivity index is 2.36. The third-order valence-electron chi connectivity index (χ3n) is 1.97. The number of amides is 3. The Bertz CT molecular complexity index is 492. The third-order valence-corrected chi connectivity index (χ3v) is 1.97. The first-order chi connectivity index (χ1) is 8.49. The molecular formula is C10H12N4O4. The fourth-order valence-corrected chi connectivity index (χ4v) is 1.09. The molecule has 1 rings (SSSR count). The smallest absolute Gasteiger partial charge is 0.328 e. The van der Waals surface area contributed by atoms with Crippen LogP contribution >= 0.6 is 0 Å². The minimum absolute atomic E-state index is 0.207. The molecule has 0 unspecified atom stereocenters. The van der Waals surface area contributed by atoms with Crippen LogP contribution in [0.1, 0.15) is 5.69 Å². The first-order valence-corrected chi connectivity index (χ1v) is 4.95. The fourth-order valence-electron chi connectivity index (χ4n) is 1.09. The lowest BCUT2D eigenvalue weighted by atomic mass is 10.4. The molecule has 0 saturated heterocycles. The van der Waals surface area contributed by atoms with Gasteiger partial charge in [-0.2, -0.15) is 5.10 Å². The predicted molar refractivity (Wildman–Crippen MR) is 60.4 cm³/mol. The van der Waals surface area contributed by atoms with Crippen molar-refractivity contribution in [2.75, 3.05) is 0 Å². The molecule has 3 N–H and O–H groups in total. The number of nitrogens with one attached hydrogen (secondary N) is 2. The van der Waals surface area contributed by atoms with Crippen molar-refractivity contribution >= 4 is 17.9 Å². The van der Waals surface area contributed by atoms with Crippen LogP contribution in [0.4, 0.5) is 4.79 Å². The first kappa shape index (κ1) is 13.4. The SMILES string of the molecule is Cn1nccc1CNC(=O)NC(=O)/C=C/C(=O)O. The van der Waals surface area contributed by atoms with Gasteiger partial charge in [-0.25, -0.2) is 9.59 Å². The Labute approximate surface area is 102 Å². The highest BCUT2D eigenvalue weighted by molar-refractivity contribution is 6.02. The van der Waals surface area contributed by atoms with Crippen molar-refractivity contribution in [3.8, 4) is 0 Å². The Morgan fingerprint density at radius 1 is 1.44 bits per heavy atom. The zero-order chi connectivity index (χ0) is 13.5. The van der Waals surface area contributed by atoms with Crippen LogP contribution in [0.3, 0.4) is 0 Å². The molecule has 0 aliphatic rings. The van der Waals surface area contributed by atoms with Gasteiger partial charge in [0.25, 0.3) is 5.91 Å². The van der Waals surface area contributed by atoms with Crippen molar-refractivity contribution in [3.63, 3.8) is 0 Å². The summed E-state index contributed by atoms with van der Waals surface area (Å²) < 4.78 is 1.58. The van der Waals surface area contributed by atoms with Gasteiger partial charge in [0.05, 0.1) is 12.2 Å². The van der Waals surface area contributed by atoms with E-state index in [1.807, 2.05) is 5.32 Å². The quantitative estimate of drug-likeness (QED) is 0.618. The van der Waals surface area contributed by atoms with Crippen molar-refractivity contribution in [1.82, 2.24) is 20.4 Å². The first-order valence-electron chi connectivity index (χ1n) is 4.95. The van der Waals surface area contributed by atoms with Gasteiger partial charge >= 0.3 is 12.0 Å². The molecule has 0 aromatic carbocycles. The van der Waals surface area contributed by atoms with Crippen LogP contribution < -0.4 is 10.6 Å². The number of carbonyl (C=O) groups is 3. The molecule has 8 nitrogen and oxygen atoms in total. The average molecular weight is 252 g/mol. The number of aryl methyl sites for hydroxylation is 1. The van der Waals surface area contributed by atoms with Crippen molar-refractivity contribution in [2.45, 2.75) is 6.54 Å². The van der Waals surface area contributed by atoms with E-state index < -0.39 is 17.9 Å². The minimum Gasteiger partial charge on any atom is -0.478 e. The standard InChI is InChI=1S/C10H12N4O4/c1-14-7(4-5-12-14)6-11-10(18)13-8(15)2-3-9(16)17/h2-5H,6H2,1H3,(H,16,17)(H2,11,13,15,18)/b3-2+. The lowest BCUT2D eigenvalue weighted by molar-refractivity contribution is -0.131. The van der Waals surface area contributed by atoms with E-state index in [0.29, 0.717) is 6.08 Å². The molecule has 96 valence electrons. The van der Waals surface area contributed by atoms with Crippen LogP contribution in [0.25, 0.3) is 0 Å². The number of aromatic nitrogens is 2. The molecule has 0 aliphatic heterocycles. The summed E-state index contributed by atoms with van der Waals surface area (Å²) in [5, 5.41) is 16.6. The van der Waals surface area contributed by atoms with E-state index in [4.69, 9.17) is 5.11 Å². The van der Waals surface area contributed by atoms with Gasteiger partial charge in [0.2, 0.25) is 0 Å². The van der Waals surface area contributed by atoms with Crippen LogP contribution in [0, 0.1) is 0 Å². The molecule has 18 heavy (non-hydrogen) atoms. The zero-order valence-corrected chi connectivity index (χ0v) is 9.58. The fraction of sp³-hybridized carbons (Fsp3) is 0.200. The van der Waals surface area contributed by atoms with E-state index >= 15 is 0 Å². The van der Waals surface area contributed by atoms with Crippen molar-refractivity contribution < 1.29 is 19.5 Å². The van der Waals surface area contributed by atoms with Crippen LogP contribution in [-0.2, 0) is 23.2 Å². The summed E-state index contributed by atoms with van der Waals surface area (Å²) in [7, 11) is 1.72. The van der Waals surface area contributed by atoms with Crippen molar-refractivity contribution in [2.24, 2.45) is 7.05 Å². The molecular weight excluding hydrogens is 240 g/mol. The van der Waals surface area contributed by atoms with Gasteiger partial charge in [0, 0.05) is 25.4 Å². The molecule has 1 heterocycles. The summed E-state index contributed by atoms with van der Waals surface area (Å²) in [5.74, 6) is -2.07. The topological polar surface area (TPSA) is 113 Å². The maximum absolute atomic E-state index is 11.3. The van der Waals surface area contributed by atoms with E-state index in [-0.39, 0.29) is 6.54 Å². The van der Waals surface area contributed by atoms with Crippen LogP contribution in [0.2, 0.25) is 0 Å². The summed E-state index contributed by atoms with van der Waals surface area (Å²) in [6.45, 7) is 0.207. The van der Waals surface area contributed by atoms with E-state index in [2.05, 4.69) is 10.4 Å². The molecule has 0 spiro atoms. The number of carboxylic acid groups (broad SMARTS) is 1. The maximum atomic E-state index is 11.3. The largest absolute Gasteiger partial charge is 0.478 e. The summed E-state index contributed by atoms with van der Waals surface area (Å²) in [6.07, 6.45) is 2.98. The normalized spacial score (nSPS) is 10.3. The molecule has 1 aromatic rings. The number of carbonyl (C=O) groups excluding carboxylic acids is 2. The summed E-state index contributed by atoms with van der Waals surface area (Å²) in [5.41, 5.74) is 0.763. The molecule has 0 radical (unpaired) electrons. The van der Waals surface area contributed by atoms with E-state index in [0.717, 1.165) is 11.8 Å². The van der Waals surface area contributed by atoms with Gasteiger partial charge < -0.3 is 10.4 Å². The molecule has 0 bridgehead atoms. The highest BCUT2D eigenvalue weighted by Gasteiger charge is 2.06. The van der Waals surface area contributed by atoms with Crippen LogP contribution in [0.5, 0.6) is 0 Å². The Kier molecular flexibility index (Phi) is 4.61. The highest BCUT2D eigenvalue weighted by atomic mass is 16.4. The number of aliphatic carboxylic acids is 1. The molecule has 0 atom stereocenters. The summed E-state index contributed by atoms with van der Waals surface area (Å²) in [6, 6.07) is 1.00. The predicted octanol–water partition coefficient (Wildman–Crippen LogP) is -0.613. The molecule has 3 amide bonds. The zero-order valence-electron chi connectivity index (χ0n) is 9.58. The summed E-state index contributed by atoms with van der Waals surface area (Å²) >= 11 is 0. The van der Waals surface area contributed by atoms with Gasteiger partial charge in [-0.3, -0.25) is 14.8 Å². The number of rotatable bonds is 4. The Morgan fingerprint density at radius 3 is 2.72 bits per heavy atom. The molecule has 8 heteroatoms. The second-order valence-electron chi connectivity index (χ2n) is 3.29. The molecule has 1 aromatic heterocycles. The van der Waals surface area contributed by atoms with Gasteiger partial charge in [0.15, 0.2) is 0 Å². The van der Waals surface area contributed by atoms with Crippen LogP contribution in [-0.4, -0.2) is 32.8 Å². The number of urea groups is 1. The number of nitrogens with zero attached hydrogens (tertiary/aromatic N) is 2. The number of imide groups is 1. The van der Waals surface area contributed by atoms with E-state index in [9.17, 15) is 14.4 Å². The minimum atomic E-state index is -1.26.